The van der Waals surface area contributed by atoms with Gasteiger partial charge in [-0.1, -0.05) is 6.07 Å². The van der Waals surface area contributed by atoms with Crippen LogP contribution < -0.4 is 10.1 Å². The zero-order chi connectivity index (χ0) is 17.1. The fourth-order valence-electron chi connectivity index (χ4n) is 2.95. The van der Waals surface area contributed by atoms with Gasteiger partial charge in [-0.15, -0.1) is 0 Å². The van der Waals surface area contributed by atoms with Crippen LogP contribution in [0.25, 0.3) is 0 Å². The molecule has 0 spiro atoms. The minimum Gasteiger partial charge on any atom is -0.493 e. The van der Waals surface area contributed by atoms with Gasteiger partial charge in [-0.05, 0) is 43.2 Å². The lowest BCUT2D eigenvalue weighted by atomic mass is 10.0. The zero-order valence-corrected chi connectivity index (χ0v) is 12.9. The van der Waals surface area contributed by atoms with Crippen molar-refractivity contribution in [3.05, 3.63) is 65.0 Å². The first-order valence-corrected chi connectivity index (χ1v) is 7.84. The number of aliphatic hydroxyl groups is 1. The van der Waals surface area contributed by atoms with Crippen molar-refractivity contribution >= 4 is 0 Å². The first-order chi connectivity index (χ1) is 11.6. The number of aliphatic hydroxyl groups excluding tert-OH is 1. The lowest BCUT2D eigenvalue weighted by molar-refractivity contribution is 0.159. The lowest BCUT2D eigenvalue weighted by Crippen LogP contribution is -2.27. The summed E-state index contributed by atoms with van der Waals surface area (Å²) in [4.78, 5) is 0. The summed E-state index contributed by atoms with van der Waals surface area (Å²) in [5, 5.41) is 13.2. The third kappa shape index (κ3) is 3.55. The first-order valence-electron chi connectivity index (χ1n) is 7.84. The summed E-state index contributed by atoms with van der Waals surface area (Å²) < 4.78 is 46.6. The van der Waals surface area contributed by atoms with Gasteiger partial charge >= 0.3 is 0 Å². The summed E-state index contributed by atoms with van der Waals surface area (Å²) in [5.74, 6) is -1.38. The van der Waals surface area contributed by atoms with Crippen molar-refractivity contribution in [1.29, 1.82) is 0 Å². The Hall–Kier alpha value is -2.05. The molecule has 0 aromatic heterocycles. The molecule has 3 nitrogen and oxygen atoms in total. The van der Waals surface area contributed by atoms with Gasteiger partial charge < -0.3 is 15.2 Å². The van der Waals surface area contributed by atoms with Crippen LogP contribution >= 0.6 is 0 Å². The van der Waals surface area contributed by atoms with Crippen molar-refractivity contribution in [3.8, 4) is 5.75 Å². The van der Waals surface area contributed by atoms with Gasteiger partial charge in [-0.2, -0.15) is 0 Å². The fraction of sp³-hybridized carbons (Fsp3) is 0.333. The van der Waals surface area contributed by atoms with Gasteiger partial charge in [0.2, 0.25) is 0 Å². The van der Waals surface area contributed by atoms with Crippen molar-refractivity contribution in [2.24, 2.45) is 0 Å². The van der Waals surface area contributed by atoms with Gasteiger partial charge in [-0.3, -0.25) is 0 Å². The first kappa shape index (κ1) is 16.8. The van der Waals surface area contributed by atoms with Crippen molar-refractivity contribution in [1.82, 2.24) is 5.32 Å². The molecule has 128 valence electrons. The van der Waals surface area contributed by atoms with E-state index in [-0.39, 0.29) is 24.0 Å². The van der Waals surface area contributed by atoms with E-state index in [1.165, 1.54) is 18.2 Å². The highest BCUT2D eigenvalue weighted by Crippen LogP contribution is 2.32. The van der Waals surface area contributed by atoms with Crippen LogP contribution in [-0.2, 0) is 0 Å². The number of rotatable bonds is 4. The largest absolute Gasteiger partial charge is 0.493 e. The smallest absolute Gasteiger partial charge is 0.131 e. The molecule has 1 heterocycles. The van der Waals surface area contributed by atoms with E-state index < -0.39 is 17.7 Å². The predicted molar refractivity (Wildman–Crippen MR) is 83.2 cm³/mol. The number of halogens is 3. The Morgan fingerprint density at radius 1 is 1.17 bits per heavy atom. The van der Waals surface area contributed by atoms with E-state index in [0.29, 0.717) is 24.3 Å². The number of hydrogen-bond donors (Lipinski definition) is 2. The molecule has 1 aliphatic rings. The summed E-state index contributed by atoms with van der Waals surface area (Å²) >= 11 is 0. The zero-order valence-electron chi connectivity index (χ0n) is 12.9. The van der Waals surface area contributed by atoms with Crippen molar-refractivity contribution < 1.29 is 23.0 Å². The summed E-state index contributed by atoms with van der Waals surface area (Å²) in [6.45, 7) is 0.458. The second-order valence-corrected chi connectivity index (χ2v) is 5.78. The van der Waals surface area contributed by atoms with Crippen LogP contribution in [0.1, 0.15) is 36.1 Å². The molecule has 0 fully saturated rings. The van der Waals surface area contributed by atoms with E-state index in [9.17, 15) is 18.3 Å². The van der Waals surface area contributed by atoms with Crippen LogP contribution in [0, 0.1) is 17.5 Å². The van der Waals surface area contributed by atoms with Crippen LogP contribution in [0.2, 0.25) is 0 Å². The Balaban J connectivity index is 1.76. The van der Waals surface area contributed by atoms with Crippen molar-refractivity contribution in [3.63, 3.8) is 0 Å². The second kappa shape index (κ2) is 7.23. The summed E-state index contributed by atoms with van der Waals surface area (Å²) in [6.07, 6.45) is 0.0773. The van der Waals surface area contributed by atoms with Crippen LogP contribution in [0.3, 0.4) is 0 Å². The topological polar surface area (TPSA) is 41.5 Å². The Labute approximate surface area is 138 Å². The molecule has 2 aromatic rings. The van der Waals surface area contributed by atoms with E-state index in [1.807, 2.05) is 0 Å². The molecule has 2 atom stereocenters. The maximum atomic E-state index is 13.7. The highest BCUT2D eigenvalue weighted by atomic mass is 19.1. The second-order valence-electron chi connectivity index (χ2n) is 5.78. The van der Waals surface area contributed by atoms with Gasteiger partial charge in [0.25, 0.3) is 0 Å². The van der Waals surface area contributed by atoms with Gasteiger partial charge in [0, 0.05) is 18.2 Å². The molecule has 2 unspecified atom stereocenters. The predicted octanol–water partition coefficient (Wildman–Crippen LogP) is 3.64. The Morgan fingerprint density at radius 3 is 2.67 bits per heavy atom. The van der Waals surface area contributed by atoms with Crippen LogP contribution in [0.5, 0.6) is 5.75 Å². The summed E-state index contributed by atoms with van der Waals surface area (Å²) in [7, 11) is 0. The molecule has 24 heavy (non-hydrogen) atoms. The molecule has 0 amide bonds. The molecule has 2 aromatic carbocycles. The van der Waals surface area contributed by atoms with E-state index >= 15 is 0 Å². The molecule has 0 saturated carbocycles. The van der Waals surface area contributed by atoms with Crippen LogP contribution in [0.15, 0.2) is 36.4 Å². The Bertz CT molecular complexity index is 703. The fourth-order valence-corrected chi connectivity index (χ4v) is 2.95. The molecule has 6 heteroatoms. The normalized spacial score (nSPS) is 18.4. The molecule has 0 saturated heterocycles. The molecule has 0 bridgehead atoms. The molecular formula is C18H18F3NO2. The SMILES string of the molecule is OC(CNC1CCCOc2ccc(F)cc21)c1c(F)cccc1F. The standard InChI is InChI=1S/C18H18F3NO2/c19-11-6-7-17-12(9-11)15(5-2-8-24-17)22-10-16(23)18-13(20)3-1-4-14(18)21/h1,3-4,6-7,9,15-16,22-23H,2,5,8,10H2. The third-order valence-electron chi connectivity index (χ3n) is 4.13. The number of nitrogens with one attached hydrogen (secondary N) is 1. The van der Waals surface area contributed by atoms with Crippen LogP contribution in [-0.4, -0.2) is 18.3 Å². The van der Waals surface area contributed by atoms with Gasteiger partial charge in [-0.25, -0.2) is 13.2 Å². The van der Waals surface area contributed by atoms with E-state index in [4.69, 9.17) is 4.74 Å². The number of benzene rings is 2. The van der Waals surface area contributed by atoms with Crippen molar-refractivity contribution in [2.45, 2.75) is 25.0 Å². The average Bonchev–Trinajstić information content (AvgIpc) is 2.74. The molecule has 3 rings (SSSR count). The van der Waals surface area contributed by atoms with E-state index in [0.717, 1.165) is 18.6 Å². The molecule has 1 aliphatic heterocycles. The van der Waals surface area contributed by atoms with Crippen LogP contribution in [0.4, 0.5) is 13.2 Å². The van der Waals surface area contributed by atoms with Gasteiger partial charge in [0.1, 0.15) is 23.2 Å². The number of hydrogen-bond acceptors (Lipinski definition) is 3. The quantitative estimate of drug-likeness (QED) is 0.895. The van der Waals surface area contributed by atoms with Gasteiger partial charge in [0.05, 0.1) is 18.3 Å². The Kier molecular flexibility index (Phi) is 5.06. The highest BCUT2D eigenvalue weighted by molar-refractivity contribution is 5.37. The number of ether oxygens (including phenoxy) is 1. The Morgan fingerprint density at radius 2 is 1.92 bits per heavy atom. The lowest BCUT2D eigenvalue weighted by Gasteiger charge is -2.21. The summed E-state index contributed by atoms with van der Waals surface area (Å²) in [6, 6.07) is 7.47. The van der Waals surface area contributed by atoms with E-state index in [2.05, 4.69) is 5.32 Å². The van der Waals surface area contributed by atoms with Crippen molar-refractivity contribution in [2.75, 3.05) is 13.2 Å². The number of fused-ring (bicyclic) bond motifs is 1. The third-order valence-corrected chi connectivity index (χ3v) is 4.13. The minimum atomic E-state index is -1.34. The maximum absolute atomic E-state index is 13.7. The summed E-state index contributed by atoms with van der Waals surface area (Å²) in [5.41, 5.74) is 0.281. The van der Waals surface area contributed by atoms with E-state index in [1.54, 1.807) is 6.07 Å². The maximum Gasteiger partial charge on any atom is 0.131 e. The average molecular weight is 337 g/mol. The molecule has 0 radical (unpaired) electrons. The highest BCUT2D eigenvalue weighted by Gasteiger charge is 2.23. The molecule has 0 aliphatic carbocycles. The molecule has 2 N–H and O–H groups in total. The molecular weight excluding hydrogens is 319 g/mol. The minimum absolute atomic E-state index is 0.0571. The monoisotopic (exact) mass is 337 g/mol. The van der Waals surface area contributed by atoms with Gasteiger partial charge in [0.15, 0.2) is 0 Å².